The van der Waals surface area contributed by atoms with Crippen LogP contribution in [0, 0.1) is 5.41 Å². The van der Waals surface area contributed by atoms with Crippen LogP contribution in [-0.4, -0.2) is 16.5 Å². The number of hydrogen-bond donors (Lipinski definition) is 3. The van der Waals surface area contributed by atoms with Crippen LogP contribution in [0.3, 0.4) is 0 Å². The Morgan fingerprint density at radius 1 is 1.33 bits per heavy atom. The van der Waals surface area contributed by atoms with Gasteiger partial charge in [0, 0.05) is 12.1 Å². The molecule has 1 heterocycles. The first kappa shape index (κ1) is 13.1. The lowest BCUT2D eigenvalue weighted by Crippen LogP contribution is -2.19. The lowest BCUT2D eigenvalue weighted by molar-refractivity contribution is 0.520. The largest absolute Gasteiger partial charge is 0.369 e. The minimum Gasteiger partial charge on any atom is -0.369 e. The van der Waals surface area contributed by atoms with Gasteiger partial charge in [0.25, 0.3) is 0 Å². The number of anilines is 2. The third-order valence-electron chi connectivity index (χ3n) is 3.94. The Bertz CT molecular complexity index is 412. The van der Waals surface area contributed by atoms with Crippen molar-refractivity contribution in [3.8, 4) is 0 Å². The van der Waals surface area contributed by atoms with Crippen molar-refractivity contribution in [2.75, 3.05) is 17.3 Å². The van der Waals surface area contributed by atoms with Gasteiger partial charge in [0.2, 0.25) is 0 Å². The molecule has 1 aliphatic carbocycles. The molecule has 0 unspecified atom stereocenters. The van der Waals surface area contributed by atoms with E-state index in [0.29, 0.717) is 17.2 Å². The molecule has 1 saturated carbocycles. The molecule has 0 radical (unpaired) electrons. The van der Waals surface area contributed by atoms with E-state index in [-0.39, 0.29) is 0 Å². The molecule has 18 heavy (non-hydrogen) atoms. The maximum absolute atomic E-state index is 5.51. The fourth-order valence-electron chi connectivity index (χ4n) is 2.30. The van der Waals surface area contributed by atoms with Gasteiger partial charge in [-0.05, 0) is 30.6 Å². The lowest BCUT2D eigenvalue weighted by Gasteiger charge is -2.19. The Balaban J connectivity index is 2.16. The van der Waals surface area contributed by atoms with E-state index in [1.807, 2.05) is 0 Å². The topological polar surface area (TPSA) is 75.9 Å². The van der Waals surface area contributed by atoms with E-state index in [2.05, 4.69) is 41.5 Å². The maximum atomic E-state index is 5.51. The van der Waals surface area contributed by atoms with Crippen molar-refractivity contribution in [3.05, 3.63) is 11.9 Å². The van der Waals surface area contributed by atoms with Gasteiger partial charge < -0.3 is 10.7 Å². The molecule has 0 atom stereocenters. The van der Waals surface area contributed by atoms with Gasteiger partial charge in [0.05, 0.1) is 0 Å². The van der Waals surface area contributed by atoms with Crippen molar-refractivity contribution in [1.29, 1.82) is 0 Å². The number of nitrogens with zero attached hydrogens (tertiary/aromatic N) is 2. The molecule has 2 rings (SSSR count). The van der Waals surface area contributed by atoms with Gasteiger partial charge in [-0.15, -0.1) is 0 Å². The number of nitrogens with one attached hydrogen (secondary N) is 2. The van der Waals surface area contributed by atoms with E-state index in [4.69, 9.17) is 5.84 Å². The predicted molar refractivity (Wildman–Crippen MR) is 74.4 cm³/mol. The summed E-state index contributed by atoms with van der Waals surface area (Å²) in [5, 5.41) is 3.48. The fraction of sp³-hybridized carbons (Fsp3) is 0.692. The zero-order valence-corrected chi connectivity index (χ0v) is 11.5. The minimum absolute atomic E-state index is 0.330. The molecule has 0 aromatic carbocycles. The smallest absolute Gasteiger partial charge is 0.148 e. The van der Waals surface area contributed by atoms with Crippen molar-refractivity contribution in [1.82, 2.24) is 9.97 Å². The molecule has 5 nitrogen and oxygen atoms in total. The standard InChI is InChI=1S/C13H23N5/c1-4-13(5-6-13)7-15-11-10(9(2)3)12(18-14)17-8-16-11/h8-9H,4-7,14H2,1-3H3,(H2,15,16,17,18). The average molecular weight is 249 g/mol. The SMILES string of the molecule is CCC1(CNc2ncnc(NN)c2C(C)C)CC1. The van der Waals surface area contributed by atoms with Crippen LogP contribution in [0.15, 0.2) is 6.33 Å². The molecule has 0 aliphatic heterocycles. The summed E-state index contributed by atoms with van der Waals surface area (Å²) in [6, 6.07) is 0. The zero-order valence-electron chi connectivity index (χ0n) is 11.5. The molecule has 0 bridgehead atoms. The van der Waals surface area contributed by atoms with Crippen LogP contribution in [0.5, 0.6) is 0 Å². The van der Waals surface area contributed by atoms with Gasteiger partial charge >= 0.3 is 0 Å². The molecule has 5 heteroatoms. The molecule has 1 aliphatic rings. The number of hydrogen-bond acceptors (Lipinski definition) is 5. The molecule has 1 fully saturated rings. The number of nitrogens with two attached hydrogens (primary N) is 1. The molecule has 0 spiro atoms. The van der Waals surface area contributed by atoms with Crippen LogP contribution in [-0.2, 0) is 0 Å². The second kappa shape index (κ2) is 5.10. The van der Waals surface area contributed by atoms with E-state index < -0.39 is 0 Å². The Morgan fingerprint density at radius 3 is 2.50 bits per heavy atom. The highest BCUT2D eigenvalue weighted by Crippen LogP contribution is 2.48. The highest BCUT2D eigenvalue weighted by atomic mass is 15.3. The maximum Gasteiger partial charge on any atom is 0.148 e. The summed E-state index contributed by atoms with van der Waals surface area (Å²) < 4.78 is 0. The van der Waals surface area contributed by atoms with Crippen molar-refractivity contribution < 1.29 is 0 Å². The van der Waals surface area contributed by atoms with E-state index in [1.54, 1.807) is 6.33 Å². The van der Waals surface area contributed by atoms with E-state index >= 15 is 0 Å². The van der Waals surface area contributed by atoms with Gasteiger partial charge in [-0.25, -0.2) is 15.8 Å². The third kappa shape index (κ3) is 2.56. The Labute approximate surface area is 109 Å². The van der Waals surface area contributed by atoms with Crippen LogP contribution in [0.25, 0.3) is 0 Å². The highest BCUT2D eigenvalue weighted by molar-refractivity contribution is 5.58. The van der Waals surface area contributed by atoms with Gasteiger partial charge in [0.15, 0.2) is 0 Å². The molecule has 1 aromatic heterocycles. The first-order chi connectivity index (χ1) is 8.62. The van der Waals surface area contributed by atoms with Gasteiger partial charge in [-0.1, -0.05) is 20.8 Å². The number of rotatable bonds is 6. The molecule has 0 amide bonds. The van der Waals surface area contributed by atoms with Crippen LogP contribution in [0.4, 0.5) is 11.6 Å². The van der Waals surface area contributed by atoms with Crippen molar-refractivity contribution >= 4 is 11.6 Å². The monoisotopic (exact) mass is 249 g/mol. The predicted octanol–water partition coefficient (Wildman–Crippen LogP) is 2.49. The lowest BCUT2D eigenvalue weighted by atomic mass is 10.0. The van der Waals surface area contributed by atoms with Gasteiger partial charge in [-0.2, -0.15) is 0 Å². The Morgan fingerprint density at radius 2 is 2.00 bits per heavy atom. The summed E-state index contributed by atoms with van der Waals surface area (Å²) in [7, 11) is 0. The van der Waals surface area contributed by atoms with E-state index in [1.165, 1.54) is 19.3 Å². The Kier molecular flexibility index (Phi) is 3.71. The van der Waals surface area contributed by atoms with Crippen LogP contribution in [0.2, 0.25) is 0 Å². The third-order valence-corrected chi connectivity index (χ3v) is 3.94. The van der Waals surface area contributed by atoms with Crippen LogP contribution in [0.1, 0.15) is 51.5 Å². The van der Waals surface area contributed by atoms with Crippen molar-refractivity contribution in [2.24, 2.45) is 11.3 Å². The molecule has 1 aromatic rings. The minimum atomic E-state index is 0.330. The molecular weight excluding hydrogens is 226 g/mol. The first-order valence-corrected chi connectivity index (χ1v) is 6.67. The Hall–Kier alpha value is -1.36. The summed E-state index contributed by atoms with van der Waals surface area (Å²) in [6.07, 6.45) is 5.42. The van der Waals surface area contributed by atoms with Crippen molar-refractivity contribution in [3.63, 3.8) is 0 Å². The quantitative estimate of drug-likeness (QED) is 0.533. The average Bonchev–Trinajstić information content (AvgIpc) is 3.16. The van der Waals surface area contributed by atoms with Crippen LogP contribution >= 0.6 is 0 Å². The van der Waals surface area contributed by atoms with Crippen LogP contribution < -0.4 is 16.6 Å². The molecule has 4 N–H and O–H groups in total. The highest BCUT2D eigenvalue weighted by Gasteiger charge is 2.40. The number of aromatic nitrogens is 2. The normalized spacial score (nSPS) is 16.7. The zero-order chi connectivity index (χ0) is 13.2. The second-order valence-corrected chi connectivity index (χ2v) is 5.49. The van der Waals surface area contributed by atoms with Gasteiger partial charge in [-0.3, -0.25) is 0 Å². The number of nitrogen functional groups attached to an aromatic ring is 1. The van der Waals surface area contributed by atoms with E-state index in [9.17, 15) is 0 Å². The van der Waals surface area contributed by atoms with Crippen molar-refractivity contribution in [2.45, 2.75) is 46.0 Å². The molecule has 0 saturated heterocycles. The fourth-order valence-corrected chi connectivity index (χ4v) is 2.30. The van der Waals surface area contributed by atoms with E-state index in [0.717, 1.165) is 17.9 Å². The summed E-state index contributed by atoms with van der Waals surface area (Å²) >= 11 is 0. The summed E-state index contributed by atoms with van der Waals surface area (Å²) in [5.74, 6) is 7.46. The first-order valence-electron chi connectivity index (χ1n) is 6.67. The second-order valence-electron chi connectivity index (χ2n) is 5.49. The summed E-state index contributed by atoms with van der Waals surface area (Å²) in [5.41, 5.74) is 4.21. The number of hydrazine groups is 1. The van der Waals surface area contributed by atoms with Gasteiger partial charge in [0.1, 0.15) is 18.0 Å². The summed E-state index contributed by atoms with van der Waals surface area (Å²) in [6.45, 7) is 7.49. The summed E-state index contributed by atoms with van der Waals surface area (Å²) in [4.78, 5) is 8.53. The molecular formula is C13H23N5. The molecule has 100 valence electrons.